The smallest absolute Gasteiger partial charge is 0.0386 e. The molecule has 0 aromatic heterocycles. The minimum absolute atomic E-state index is 0.925. The van der Waals surface area contributed by atoms with Gasteiger partial charge in [0.15, 0.2) is 0 Å². The minimum atomic E-state index is 0.925. The van der Waals surface area contributed by atoms with E-state index < -0.39 is 0 Å². The van der Waals surface area contributed by atoms with E-state index in [1.165, 1.54) is 6.42 Å². The highest BCUT2D eigenvalue weighted by atomic mass is 14.4. The molecule has 4 atom stereocenters. The van der Waals surface area contributed by atoms with Crippen LogP contribution >= 0.6 is 0 Å². The van der Waals surface area contributed by atoms with Gasteiger partial charge in [-0.1, -0.05) is 34.6 Å². The van der Waals surface area contributed by atoms with E-state index in [-0.39, 0.29) is 0 Å². The quantitative estimate of drug-likeness (QED) is 0.500. The first-order chi connectivity index (χ1) is 5.04. The summed E-state index contributed by atoms with van der Waals surface area (Å²) in [6.07, 6.45) is 1.44. The first-order valence-corrected chi connectivity index (χ1v) is 5.04. The molecule has 0 amide bonds. The summed E-state index contributed by atoms with van der Waals surface area (Å²) in [4.78, 5) is 0. The highest BCUT2D eigenvalue weighted by Crippen LogP contribution is 2.41. The third-order valence-electron chi connectivity index (χ3n) is 4.20. The molecule has 1 saturated carbocycles. The molecule has 1 aliphatic carbocycles. The van der Waals surface area contributed by atoms with E-state index in [0.29, 0.717) is 0 Å². The molecule has 0 spiro atoms. The van der Waals surface area contributed by atoms with Crippen LogP contribution in [0, 0.1) is 29.6 Å². The van der Waals surface area contributed by atoms with Gasteiger partial charge in [0.2, 0.25) is 0 Å². The molecular formula is C11H22. The summed E-state index contributed by atoms with van der Waals surface area (Å²) in [5.74, 6) is 4.67. The van der Waals surface area contributed by atoms with Gasteiger partial charge in [-0.05, 0) is 36.0 Å². The van der Waals surface area contributed by atoms with Crippen molar-refractivity contribution in [2.75, 3.05) is 0 Å². The Morgan fingerprint density at radius 3 is 1.36 bits per heavy atom. The third kappa shape index (κ3) is 1.60. The molecular weight excluding hydrogens is 132 g/mol. The Hall–Kier alpha value is 0. The van der Waals surface area contributed by atoms with E-state index in [4.69, 9.17) is 0 Å². The zero-order valence-corrected chi connectivity index (χ0v) is 8.59. The molecule has 1 rings (SSSR count). The molecule has 0 radical (unpaired) electrons. The van der Waals surface area contributed by atoms with E-state index in [1.54, 1.807) is 0 Å². The maximum atomic E-state index is 2.42. The molecule has 0 aromatic rings. The van der Waals surface area contributed by atoms with Crippen LogP contribution in [0.15, 0.2) is 0 Å². The van der Waals surface area contributed by atoms with Gasteiger partial charge in [-0.3, -0.25) is 0 Å². The fourth-order valence-corrected chi connectivity index (χ4v) is 2.53. The lowest BCUT2D eigenvalue weighted by atomic mass is 9.65. The van der Waals surface area contributed by atoms with Gasteiger partial charge in [0.25, 0.3) is 0 Å². The van der Waals surface area contributed by atoms with Crippen LogP contribution in [0.1, 0.15) is 41.0 Å². The van der Waals surface area contributed by atoms with Crippen molar-refractivity contribution in [3.05, 3.63) is 0 Å². The van der Waals surface area contributed by atoms with Crippen molar-refractivity contribution >= 4 is 0 Å². The van der Waals surface area contributed by atoms with Gasteiger partial charge in [0, 0.05) is 0 Å². The Bertz CT molecular complexity index is 114. The van der Waals surface area contributed by atoms with Crippen LogP contribution in [0.25, 0.3) is 0 Å². The Labute approximate surface area is 71.4 Å². The average Bonchev–Trinajstić information content (AvgIpc) is 1.97. The maximum absolute atomic E-state index is 2.42. The van der Waals surface area contributed by atoms with Gasteiger partial charge in [-0.15, -0.1) is 0 Å². The van der Waals surface area contributed by atoms with Crippen molar-refractivity contribution < 1.29 is 0 Å². The molecule has 11 heavy (non-hydrogen) atoms. The lowest BCUT2D eigenvalue weighted by Crippen LogP contribution is -2.33. The largest absolute Gasteiger partial charge is 0.0622 e. The monoisotopic (exact) mass is 154 g/mol. The highest BCUT2D eigenvalue weighted by Gasteiger charge is 2.33. The van der Waals surface area contributed by atoms with Crippen molar-refractivity contribution in [3.63, 3.8) is 0 Å². The third-order valence-corrected chi connectivity index (χ3v) is 4.20. The van der Waals surface area contributed by atoms with E-state index in [0.717, 1.165) is 29.6 Å². The second-order valence-electron chi connectivity index (χ2n) is 4.77. The average molecular weight is 154 g/mol. The van der Waals surface area contributed by atoms with Crippen molar-refractivity contribution in [2.45, 2.75) is 41.0 Å². The Morgan fingerprint density at radius 2 is 1.00 bits per heavy atom. The SMILES string of the molecule is CC1CC(C)C(C)C(C)C1C. The summed E-state index contributed by atoms with van der Waals surface area (Å²) in [7, 11) is 0. The van der Waals surface area contributed by atoms with Crippen LogP contribution in [0.5, 0.6) is 0 Å². The number of hydrogen-bond donors (Lipinski definition) is 0. The van der Waals surface area contributed by atoms with Crippen LogP contribution in [0.4, 0.5) is 0 Å². The highest BCUT2D eigenvalue weighted by molar-refractivity contribution is 4.82. The lowest BCUT2D eigenvalue weighted by Gasteiger charge is -2.41. The summed E-state index contributed by atoms with van der Waals surface area (Å²) >= 11 is 0. The van der Waals surface area contributed by atoms with Crippen molar-refractivity contribution in [1.29, 1.82) is 0 Å². The Balaban J connectivity index is 2.63. The summed E-state index contributed by atoms with van der Waals surface area (Å²) < 4.78 is 0. The van der Waals surface area contributed by atoms with E-state index in [2.05, 4.69) is 34.6 Å². The summed E-state index contributed by atoms with van der Waals surface area (Å²) in [5.41, 5.74) is 0. The minimum Gasteiger partial charge on any atom is -0.0622 e. The molecule has 0 aromatic carbocycles. The zero-order valence-electron chi connectivity index (χ0n) is 8.59. The van der Waals surface area contributed by atoms with Crippen molar-refractivity contribution in [1.82, 2.24) is 0 Å². The second-order valence-corrected chi connectivity index (χ2v) is 4.77. The predicted molar refractivity (Wildman–Crippen MR) is 50.4 cm³/mol. The van der Waals surface area contributed by atoms with E-state index >= 15 is 0 Å². The van der Waals surface area contributed by atoms with Crippen LogP contribution in [0.3, 0.4) is 0 Å². The van der Waals surface area contributed by atoms with Gasteiger partial charge in [-0.2, -0.15) is 0 Å². The van der Waals surface area contributed by atoms with E-state index in [1.807, 2.05) is 0 Å². The van der Waals surface area contributed by atoms with Crippen LogP contribution < -0.4 is 0 Å². The normalized spacial score (nSPS) is 52.6. The molecule has 0 heterocycles. The summed E-state index contributed by atoms with van der Waals surface area (Å²) in [5, 5.41) is 0. The first-order valence-electron chi connectivity index (χ1n) is 5.04. The Morgan fingerprint density at radius 1 is 0.636 bits per heavy atom. The van der Waals surface area contributed by atoms with Crippen molar-refractivity contribution in [2.24, 2.45) is 29.6 Å². The van der Waals surface area contributed by atoms with Crippen molar-refractivity contribution in [3.8, 4) is 0 Å². The fourth-order valence-electron chi connectivity index (χ4n) is 2.53. The number of hydrogen-bond acceptors (Lipinski definition) is 0. The second kappa shape index (κ2) is 3.16. The zero-order chi connectivity index (χ0) is 8.59. The molecule has 0 saturated heterocycles. The van der Waals surface area contributed by atoms with E-state index in [9.17, 15) is 0 Å². The fraction of sp³-hybridized carbons (Fsp3) is 1.00. The molecule has 0 heteroatoms. The molecule has 0 bridgehead atoms. The summed E-state index contributed by atoms with van der Waals surface area (Å²) in [6.45, 7) is 12.1. The van der Waals surface area contributed by atoms with Gasteiger partial charge in [-0.25, -0.2) is 0 Å². The number of rotatable bonds is 0. The van der Waals surface area contributed by atoms with Gasteiger partial charge >= 0.3 is 0 Å². The van der Waals surface area contributed by atoms with Gasteiger partial charge in [0.05, 0.1) is 0 Å². The standard InChI is InChI=1S/C11H22/c1-7-6-8(2)10(4)11(5)9(7)3/h7-11H,6H2,1-5H3. The molecule has 1 aliphatic rings. The van der Waals surface area contributed by atoms with Gasteiger partial charge in [0.1, 0.15) is 0 Å². The molecule has 1 fully saturated rings. The predicted octanol–water partition coefficient (Wildman–Crippen LogP) is 3.57. The van der Waals surface area contributed by atoms with Gasteiger partial charge < -0.3 is 0 Å². The molecule has 0 aliphatic heterocycles. The van der Waals surface area contributed by atoms with Crippen LogP contribution in [-0.4, -0.2) is 0 Å². The first kappa shape index (κ1) is 9.09. The van der Waals surface area contributed by atoms with Crippen LogP contribution in [0.2, 0.25) is 0 Å². The summed E-state index contributed by atoms with van der Waals surface area (Å²) in [6, 6.07) is 0. The topological polar surface area (TPSA) is 0 Å². The Kier molecular flexibility index (Phi) is 2.61. The lowest BCUT2D eigenvalue weighted by molar-refractivity contribution is 0.0855. The maximum Gasteiger partial charge on any atom is -0.0386 e. The molecule has 66 valence electrons. The molecule has 0 nitrogen and oxygen atoms in total. The van der Waals surface area contributed by atoms with Crippen LogP contribution in [-0.2, 0) is 0 Å². The molecule has 0 N–H and O–H groups in total. The molecule has 4 unspecified atom stereocenters.